The first-order chi connectivity index (χ1) is 13.1. The van der Waals surface area contributed by atoms with Gasteiger partial charge in [0, 0.05) is 13.1 Å². The lowest BCUT2D eigenvalue weighted by Gasteiger charge is -2.28. The highest BCUT2D eigenvalue weighted by Crippen LogP contribution is 2.58. The minimum absolute atomic E-state index is 0.0260. The van der Waals surface area contributed by atoms with Gasteiger partial charge in [-0.05, 0) is 60.6 Å². The molecule has 1 heterocycles. The van der Waals surface area contributed by atoms with Gasteiger partial charge in [-0.3, -0.25) is 0 Å². The molecule has 1 saturated heterocycles. The van der Waals surface area contributed by atoms with Gasteiger partial charge < -0.3 is 0 Å². The molecular formula is C20H20F3NO3S. The van der Waals surface area contributed by atoms with E-state index in [0.717, 1.165) is 12.0 Å². The van der Waals surface area contributed by atoms with Gasteiger partial charge in [0.2, 0.25) is 0 Å². The molecule has 150 valence electrons. The van der Waals surface area contributed by atoms with E-state index in [1.54, 1.807) is 18.2 Å². The van der Waals surface area contributed by atoms with Crippen LogP contribution >= 0.6 is 0 Å². The number of benzene rings is 2. The van der Waals surface area contributed by atoms with Gasteiger partial charge in [0.25, 0.3) is 0 Å². The molecule has 4 nitrogen and oxygen atoms in total. The van der Waals surface area contributed by atoms with Crippen LogP contribution in [0.4, 0.5) is 13.2 Å². The third kappa shape index (κ3) is 3.33. The lowest BCUT2D eigenvalue weighted by molar-refractivity contribution is -0.160. The normalized spacial score (nSPS) is 19.3. The molecule has 1 saturated carbocycles. The minimum atomic E-state index is -4.26. The molecule has 0 bridgehead atoms. The van der Waals surface area contributed by atoms with Gasteiger partial charge in [-0.25, -0.2) is 0 Å². The second-order valence-corrected chi connectivity index (χ2v) is 8.97. The lowest BCUT2D eigenvalue weighted by atomic mass is 9.92. The average molecular weight is 411 g/mol. The number of alkyl halides is 3. The van der Waals surface area contributed by atoms with Crippen molar-refractivity contribution in [3.63, 3.8) is 0 Å². The Morgan fingerprint density at radius 1 is 1.04 bits per heavy atom. The number of halogens is 3. The number of aryl methyl sites for hydroxylation is 1. The van der Waals surface area contributed by atoms with Crippen molar-refractivity contribution >= 4 is 10.1 Å². The summed E-state index contributed by atoms with van der Waals surface area (Å²) >= 11 is 0. The van der Waals surface area contributed by atoms with Crippen LogP contribution in [-0.2, 0) is 19.8 Å². The van der Waals surface area contributed by atoms with Crippen LogP contribution in [0.25, 0.3) is 11.1 Å². The molecule has 0 aromatic heterocycles. The summed E-state index contributed by atoms with van der Waals surface area (Å²) in [6.45, 7) is 2.97. The van der Waals surface area contributed by atoms with E-state index in [4.69, 9.17) is 4.28 Å². The molecule has 0 N–H and O–H groups in total. The van der Waals surface area contributed by atoms with E-state index in [2.05, 4.69) is 0 Å². The molecule has 1 aliphatic carbocycles. The highest BCUT2D eigenvalue weighted by Gasteiger charge is 2.64. The Morgan fingerprint density at radius 3 is 2.18 bits per heavy atom. The van der Waals surface area contributed by atoms with E-state index >= 15 is 0 Å². The second kappa shape index (κ2) is 6.57. The van der Waals surface area contributed by atoms with E-state index in [9.17, 15) is 21.6 Å². The summed E-state index contributed by atoms with van der Waals surface area (Å²) in [5, 5.41) is 1.38. The number of hydroxylamine groups is 2. The van der Waals surface area contributed by atoms with Crippen LogP contribution in [0.2, 0.25) is 0 Å². The topological polar surface area (TPSA) is 46.6 Å². The molecule has 2 aliphatic rings. The molecule has 4 rings (SSSR count). The summed E-state index contributed by atoms with van der Waals surface area (Å²) in [6.07, 6.45) is -3.15. The number of rotatable bonds is 5. The first kappa shape index (κ1) is 19.4. The predicted octanol–water partition coefficient (Wildman–Crippen LogP) is 4.58. The van der Waals surface area contributed by atoms with Crippen LogP contribution in [0.5, 0.6) is 0 Å². The van der Waals surface area contributed by atoms with Crippen molar-refractivity contribution in [1.82, 2.24) is 5.06 Å². The average Bonchev–Trinajstić information content (AvgIpc) is 3.41. The Morgan fingerprint density at radius 2 is 1.68 bits per heavy atom. The van der Waals surface area contributed by atoms with E-state index in [1.807, 2.05) is 6.92 Å². The van der Waals surface area contributed by atoms with Crippen LogP contribution in [0, 0.1) is 6.92 Å². The van der Waals surface area contributed by atoms with Crippen molar-refractivity contribution in [3.05, 3.63) is 53.6 Å². The van der Waals surface area contributed by atoms with Gasteiger partial charge in [-0.1, -0.05) is 30.3 Å². The van der Waals surface area contributed by atoms with Crippen LogP contribution in [0.1, 0.15) is 30.4 Å². The van der Waals surface area contributed by atoms with E-state index < -0.39 is 21.7 Å². The summed E-state index contributed by atoms with van der Waals surface area (Å²) in [4.78, 5) is 0.0260. The van der Waals surface area contributed by atoms with Gasteiger partial charge in [-0.15, -0.1) is 0 Å². The number of hydrogen-bond acceptors (Lipinski definition) is 4. The Labute approximate surface area is 162 Å². The molecule has 0 amide bonds. The molecular weight excluding hydrogens is 391 g/mol. The molecule has 28 heavy (non-hydrogen) atoms. The third-order valence-electron chi connectivity index (χ3n) is 5.56. The molecule has 8 heteroatoms. The van der Waals surface area contributed by atoms with Crippen molar-refractivity contribution in [2.75, 3.05) is 13.1 Å². The fraction of sp³-hybridized carbons (Fsp3) is 0.400. The van der Waals surface area contributed by atoms with Gasteiger partial charge in [0.1, 0.15) is 0 Å². The van der Waals surface area contributed by atoms with Gasteiger partial charge in [-0.2, -0.15) is 30.9 Å². The Kier molecular flexibility index (Phi) is 4.56. The molecule has 0 atom stereocenters. The van der Waals surface area contributed by atoms with Crippen LogP contribution in [-0.4, -0.2) is 32.7 Å². The molecule has 0 radical (unpaired) electrons. The van der Waals surface area contributed by atoms with Crippen molar-refractivity contribution in [2.45, 2.75) is 42.7 Å². The molecule has 0 spiro atoms. The van der Waals surface area contributed by atoms with Gasteiger partial charge in [0.15, 0.2) is 0 Å². The SMILES string of the molecule is Cc1ccc(S(=O)(=O)ON2CCC2)cc1-c1ccc(C2(C(F)(F)F)CC2)cc1. The fourth-order valence-electron chi connectivity index (χ4n) is 3.44. The maximum absolute atomic E-state index is 13.3. The highest BCUT2D eigenvalue weighted by molar-refractivity contribution is 7.86. The van der Waals surface area contributed by atoms with Crippen LogP contribution < -0.4 is 0 Å². The zero-order chi connectivity index (χ0) is 20.2. The predicted molar refractivity (Wildman–Crippen MR) is 98.0 cm³/mol. The molecule has 2 fully saturated rings. The zero-order valence-corrected chi connectivity index (χ0v) is 16.1. The summed E-state index contributed by atoms with van der Waals surface area (Å²) in [7, 11) is -3.93. The van der Waals surface area contributed by atoms with Crippen molar-refractivity contribution in [2.24, 2.45) is 0 Å². The van der Waals surface area contributed by atoms with Crippen molar-refractivity contribution in [1.29, 1.82) is 0 Å². The third-order valence-corrected chi connectivity index (χ3v) is 6.80. The molecule has 0 unspecified atom stereocenters. The molecule has 2 aromatic carbocycles. The van der Waals surface area contributed by atoms with Gasteiger partial charge in [0.05, 0.1) is 10.3 Å². The van der Waals surface area contributed by atoms with Gasteiger partial charge >= 0.3 is 16.3 Å². The Balaban J connectivity index is 1.64. The number of nitrogens with zero attached hydrogens (tertiary/aromatic N) is 1. The molecule has 2 aromatic rings. The lowest BCUT2D eigenvalue weighted by Crippen LogP contribution is -2.38. The highest BCUT2D eigenvalue weighted by atomic mass is 32.2. The van der Waals surface area contributed by atoms with E-state index in [-0.39, 0.29) is 23.3 Å². The van der Waals surface area contributed by atoms with E-state index in [1.165, 1.54) is 29.3 Å². The quantitative estimate of drug-likeness (QED) is 0.723. The summed E-state index contributed by atoms with van der Waals surface area (Å²) < 4.78 is 69.9. The molecule has 1 aliphatic heterocycles. The number of hydrogen-bond donors (Lipinski definition) is 0. The minimum Gasteiger partial charge on any atom is -0.192 e. The van der Waals surface area contributed by atoms with Crippen LogP contribution in [0.15, 0.2) is 47.4 Å². The van der Waals surface area contributed by atoms with Crippen molar-refractivity contribution in [3.8, 4) is 11.1 Å². The zero-order valence-electron chi connectivity index (χ0n) is 15.3. The monoisotopic (exact) mass is 411 g/mol. The van der Waals surface area contributed by atoms with Crippen LogP contribution in [0.3, 0.4) is 0 Å². The first-order valence-electron chi connectivity index (χ1n) is 9.10. The largest absolute Gasteiger partial charge is 0.398 e. The summed E-state index contributed by atoms with van der Waals surface area (Å²) in [6, 6.07) is 10.9. The van der Waals surface area contributed by atoms with Crippen molar-refractivity contribution < 1.29 is 25.9 Å². The maximum atomic E-state index is 13.3. The summed E-state index contributed by atoms with van der Waals surface area (Å²) in [5.41, 5.74) is 0.674. The van der Waals surface area contributed by atoms with E-state index in [0.29, 0.717) is 24.2 Å². The second-order valence-electron chi connectivity index (χ2n) is 7.45. The first-order valence-corrected chi connectivity index (χ1v) is 10.5. The Hall–Kier alpha value is -1.90. The maximum Gasteiger partial charge on any atom is 0.398 e. The fourth-order valence-corrected chi connectivity index (χ4v) is 4.45. The Bertz CT molecular complexity index is 992. The summed E-state index contributed by atoms with van der Waals surface area (Å²) in [5.74, 6) is 0. The standard InChI is InChI=1S/C20H20F3NO3S/c1-14-3-8-17(28(25,26)27-24-11-2-12-24)13-18(14)15-4-6-16(7-5-15)19(9-10-19)20(21,22)23/h3-8,13H,2,9-12H2,1H3. The smallest absolute Gasteiger partial charge is 0.192 e.